The van der Waals surface area contributed by atoms with E-state index in [1.54, 1.807) is 0 Å². The van der Waals surface area contributed by atoms with Gasteiger partial charge in [0.1, 0.15) is 0 Å². The predicted molar refractivity (Wildman–Crippen MR) is 40.2 cm³/mol. The van der Waals surface area contributed by atoms with Gasteiger partial charge in [-0.1, -0.05) is 19.6 Å². The van der Waals surface area contributed by atoms with Crippen LogP contribution in [-0.2, 0) is 0 Å². The zero-order chi connectivity index (χ0) is 3.58. The summed E-state index contributed by atoms with van der Waals surface area (Å²) in [6.07, 6.45) is 0. The van der Waals surface area contributed by atoms with Gasteiger partial charge in [0.05, 0.1) is 0 Å². The van der Waals surface area contributed by atoms with Crippen LogP contribution in [0.4, 0.5) is 0 Å². The van der Waals surface area contributed by atoms with Crippen molar-refractivity contribution in [2.45, 2.75) is 19.6 Å². The van der Waals surface area contributed by atoms with E-state index in [9.17, 15) is 0 Å². The fourth-order valence-corrected chi connectivity index (χ4v) is 0. The van der Waals surface area contributed by atoms with E-state index in [2.05, 4.69) is 19.6 Å². The maximum Gasteiger partial charge on any atom is 0.0274 e. The van der Waals surface area contributed by atoms with Gasteiger partial charge in [-0.05, 0) is 0 Å². The first-order chi connectivity index (χ1) is 1.73. The second-order valence-electron chi connectivity index (χ2n) is 1.73. The molecule has 0 rings (SSSR count). The molecule has 0 N–H and O–H groups in total. The van der Waals surface area contributed by atoms with Crippen LogP contribution in [-0.4, -0.2) is 8.80 Å². The minimum atomic E-state index is -0.139. The first-order valence-electron chi connectivity index (χ1n) is 1.73. The molecule has 0 aliphatic heterocycles. The van der Waals surface area contributed by atoms with Gasteiger partial charge in [-0.25, -0.2) is 0 Å². The summed E-state index contributed by atoms with van der Waals surface area (Å²) in [6.45, 7) is 6.92. The molecule has 0 saturated heterocycles. The molecule has 0 nitrogen and oxygen atoms in total. The normalized spacial score (nSPS) is 7.20. The van der Waals surface area contributed by atoms with Crippen LogP contribution in [0.15, 0.2) is 0 Å². The average molecular weight is 202 g/mol. The summed E-state index contributed by atoms with van der Waals surface area (Å²) in [4.78, 5) is 0. The molecule has 0 amide bonds. The van der Waals surface area contributed by atoms with Crippen molar-refractivity contribution < 1.29 is 0 Å². The molecule has 0 aliphatic rings. The SMILES string of the molecule is C[SiH](C)C.I. The fraction of sp³-hybridized carbons (Fsp3) is 1.00. The van der Waals surface area contributed by atoms with E-state index in [1.807, 2.05) is 0 Å². The van der Waals surface area contributed by atoms with Crippen LogP contribution in [0.25, 0.3) is 0 Å². The minimum Gasteiger partial charge on any atom is -0.107 e. The number of hydrogen-bond donors (Lipinski definition) is 0. The second kappa shape index (κ2) is 4.95. The summed E-state index contributed by atoms with van der Waals surface area (Å²) >= 11 is 0. The molecule has 0 unspecified atom stereocenters. The van der Waals surface area contributed by atoms with Crippen LogP contribution in [0.3, 0.4) is 0 Å². The maximum atomic E-state index is 2.31. The molecule has 0 aromatic rings. The van der Waals surface area contributed by atoms with Gasteiger partial charge in [-0.2, -0.15) is 0 Å². The number of halogens is 1. The van der Waals surface area contributed by atoms with Gasteiger partial charge >= 0.3 is 0 Å². The van der Waals surface area contributed by atoms with Crippen LogP contribution in [0.2, 0.25) is 19.6 Å². The lowest BCUT2D eigenvalue weighted by atomic mass is 11.8. The molecule has 34 valence electrons. The maximum absolute atomic E-state index is 2.31. The van der Waals surface area contributed by atoms with E-state index >= 15 is 0 Å². The molecule has 0 fully saturated rings. The topological polar surface area (TPSA) is 0 Å². The Kier molecular flexibility index (Phi) is 9.24. The molecule has 0 radical (unpaired) electrons. The Morgan fingerprint density at radius 3 is 1.00 bits per heavy atom. The van der Waals surface area contributed by atoms with E-state index in [-0.39, 0.29) is 32.8 Å². The fourth-order valence-electron chi connectivity index (χ4n) is 0. The van der Waals surface area contributed by atoms with E-state index in [0.29, 0.717) is 0 Å². The summed E-state index contributed by atoms with van der Waals surface area (Å²) < 4.78 is 0. The molecule has 5 heavy (non-hydrogen) atoms. The summed E-state index contributed by atoms with van der Waals surface area (Å²) in [6, 6.07) is 0. The average Bonchev–Trinajstić information content (AvgIpc) is 0.811. The first kappa shape index (κ1) is 9.34. The zero-order valence-electron chi connectivity index (χ0n) is 3.99. The lowest BCUT2D eigenvalue weighted by Gasteiger charge is -1.75. The Morgan fingerprint density at radius 2 is 1.00 bits per heavy atom. The van der Waals surface area contributed by atoms with E-state index in [4.69, 9.17) is 0 Å². The van der Waals surface area contributed by atoms with Crippen LogP contribution < -0.4 is 0 Å². The first-order valence-corrected chi connectivity index (χ1v) is 5.20. The van der Waals surface area contributed by atoms with Gasteiger partial charge < -0.3 is 0 Å². The summed E-state index contributed by atoms with van der Waals surface area (Å²) in [5, 5.41) is 0. The van der Waals surface area contributed by atoms with Gasteiger partial charge in [0.25, 0.3) is 0 Å². The quantitative estimate of drug-likeness (QED) is 0.414. The number of hydrogen-bond acceptors (Lipinski definition) is 0. The van der Waals surface area contributed by atoms with Crippen LogP contribution >= 0.6 is 24.0 Å². The summed E-state index contributed by atoms with van der Waals surface area (Å²) in [7, 11) is -0.139. The number of rotatable bonds is 0. The van der Waals surface area contributed by atoms with Crippen molar-refractivity contribution in [3.8, 4) is 0 Å². The molecule has 0 saturated carbocycles. The van der Waals surface area contributed by atoms with Crippen molar-refractivity contribution >= 4 is 32.8 Å². The van der Waals surface area contributed by atoms with Gasteiger partial charge in [-0.3, -0.25) is 0 Å². The van der Waals surface area contributed by atoms with Crippen LogP contribution in [0, 0.1) is 0 Å². The van der Waals surface area contributed by atoms with Gasteiger partial charge in [-0.15, -0.1) is 24.0 Å². The second-order valence-corrected chi connectivity index (χ2v) is 5.20. The highest BCUT2D eigenvalue weighted by molar-refractivity contribution is 14.0. The predicted octanol–water partition coefficient (Wildman–Crippen LogP) is 1.72. The molecule has 0 heterocycles. The van der Waals surface area contributed by atoms with Gasteiger partial charge in [0.2, 0.25) is 0 Å². The Bertz CT molecular complexity index is 11.6. The van der Waals surface area contributed by atoms with Crippen molar-refractivity contribution in [3.63, 3.8) is 0 Å². The van der Waals surface area contributed by atoms with Crippen molar-refractivity contribution in [1.29, 1.82) is 0 Å². The van der Waals surface area contributed by atoms with E-state index < -0.39 is 0 Å². The Hall–Kier alpha value is 0.947. The van der Waals surface area contributed by atoms with Gasteiger partial charge in [0.15, 0.2) is 0 Å². The molecule has 2 heteroatoms. The zero-order valence-corrected chi connectivity index (χ0v) is 7.47. The van der Waals surface area contributed by atoms with Crippen LogP contribution in [0.1, 0.15) is 0 Å². The standard InChI is InChI=1S/C3H10Si.HI/c1-4(2)3;/h4H,1-3H3;1H. The van der Waals surface area contributed by atoms with Crippen molar-refractivity contribution in [2.24, 2.45) is 0 Å². The molecule has 0 bridgehead atoms. The van der Waals surface area contributed by atoms with Crippen molar-refractivity contribution in [2.75, 3.05) is 0 Å². The smallest absolute Gasteiger partial charge is 0.0274 e. The summed E-state index contributed by atoms with van der Waals surface area (Å²) in [5.74, 6) is 0. The van der Waals surface area contributed by atoms with E-state index in [1.165, 1.54) is 0 Å². The largest absolute Gasteiger partial charge is 0.107 e. The molecule has 0 spiro atoms. The highest BCUT2D eigenvalue weighted by atomic mass is 127. The third kappa shape index (κ3) is 47.9. The molecule has 0 aliphatic carbocycles. The molecule has 0 atom stereocenters. The monoisotopic (exact) mass is 202 g/mol. The minimum absolute atomic E-state index is 0. The molecule has 0 aromatic carbocycles. The molecular formula is C3H11ISi. The van der Waals surface area contributed by atoms with Crippen molar-refractivity contribution in [3.05, 3.63) is 0 Å². The van der Waals surface area contributed by atoms with E-state index in [0.717, 1.165) is 0 Å². The van der Waals surface area contributed by atoms with Crippen molar-refractivity contribution in [1.82, 2.24) is 0 Å². The third-order valence-corrected chi connectivity index (χ3v) is 0. The lowest BCUT2D eigenvalue weighted by molar-refractivity contribution is 1.91. The third-order valence-electron chi connectivity index (χ3n) is 0. The lowest BCUT2D eigenvalue weighted by Crippen LogP contribution is -1.84. The highest BCUT2D eigenvalue weighted by Gasteiger charge is 1.71. The van der Waals surface area contributed by atoms with Gasteiger partial charge in [0, 0.05) is 8.80 Å². The Labute approximate surface area is 52.6 Å². The Balaban J connectivity index is 0. The molecular weight excluding hydrogens is 191 g/mol. The Morgan fingerprint density at radius 1 is 1.00 bits per heavy atom. The molecule has 0 aromatic heterocycles. The van der Waals surface area contributed by atoms with Crippen LogP contribution in [0.5, 0.6) is 0 Å². The summed E-state index contributed by atoms with van der Waals surface area (Å²) in [5.41, 5.74) is 0. The highest BCUT2D eigenvalue weighted by Crippen LogP contribution is 1.68.